The van der Waals surface area contributed by atoms with Crippen LogP contribution in [0.1, 0.15) is 12.5 Å². The number of methoxy groups -OCH3 is 2. The summed E-state index contributed by atoms with van der Waals surface area (Å²) in [5, 5.41) is 7.65. The molecule has 0 saturated heterocycles. The van der Waals surface area contributed by atoms with E-state index < -0.39 is 0 Å². The van der Waals surface area contributed by atoms with Gasteiger partial charge >= 0.3 is 0 Å². The zero-order chi connectivity index (χ0) is 18.4. The topological polar surface area (TPSA) is 68.3 Å². The molecule has 0 bridgehead atoms. The summed E-state index contributed by atoms with van der Waals surface area (Å²) in [6.07, 6.45) is 0.826. The Balaban J connectivity index is 1.72. The Kier molecular flexibility index (Phi) is 5.73. The minimum Gasteiger partial charge on any atom is -0.493 e. The highest BCUT2D eigenvalue weighted by molar-refractivity contribution is 5.89. The largest absolute Gasteiger partial charge is 0.493 e. The van der Waals surface area contributed by atoms with Crippen molar-refractivity contribution < 1.29 is 9.47 Å². The monoisotopic (exact) mass is 352 g/mol. The first kappa shape index (κ1) is 17.8. The summed E-state index contributed by atoms with van der Waals surface area (Å²) in [5.41, 5.74) is 2.08. The highest BCUT2D eigenvalue weighted by Gasteiger charge is 2.07. The Morgan fingerprint density at radius 2 is 1.73 bits per heavy atom. The average Bonchev–Trinajstić information content (AvgIpc) is 2.68. The molecule has 0 saturated carbocycles. The second-order valence-electron chi connectivity index (χ2n) is 5.81. The Bertz CT molecular complexity index is 883. The fourth-order valence-corrected chi connectivity index (χ4v) is 2.81. The molecule has 1 heterocycles. The van der Waals surface area contributed by atoms with Crippen molar-refractivity contribution in [3.63, 3.8) is 0 Å². The molecule has 26 heavy (non-hydrogen) atoms. The minimum atomic E-state index is 0.625. The SMILES string of the molecule is CCNc1nc(NCCc2ccc(OC)c(OC)c2)nc2ccccc12. The van der Waals surface area contributed by atoms with Crippen LogP contribution in [0.3, 0.4) is 0 Å². The standard InChI is InChI=1S/C20H24N4O2/c1-4-21-19-15-7-5-6-8-16(15)23-20(24-19)22-12-11-14-9-10-17(25-2)18(13-14)26-3/h5-10,13H,4,11-12H2,1-3H3,(H2,21,22,23,24). The van der Waals surface area contributed by atoms with Gasteiger partial charge in [-0.15, -0.1) is 0 Å². The van der Waals surface area contributed by atoms with Crippen LogP contribution in [0.2, 0.25) is 0 Å². The summed E-state index contributed by atoms with van der Waals surface area (Å²) in [5.74, 6) is 2.95. The Morgan fingerprint density at radius 1 is 0.923 bits per heavy atom. The molecule has 0 amide bonds. The Labute approximate surface area is 153 Å². The summed E-state index contributed by atoms with van der Waals surface area (Å²) in [7, 11) is 3.28. The number of hydrogen-bond donors (Lipinski definition) is 2. The van der Waals surface area contributed by atoms with Crippen LogP contribution in [0.15, 0.2) is 42.5 Å². The van der Waals surface area contributed by atoms with Crippen LogP contribution in [-0.2, 0) is 6.42 Å². The van der Waals surface area contributed by atoms with Gasteiger partial charge in [0, 0.05) is 18.5 Å². The molecule has 0 aliphatic rings. The van der Waals surface area contributed by atoms with Gasteiger partial charge in [0.1, 0.15) is 5.82 Å². The van der Waals surface area contributed by atoms with E-state index in [-0.39, 0.29) is 0 Å². The summed E-state index contributed by atoms with van der Waals surface area (Å²) >= 11 is 0. The lowest BCUT2D eigenvalue weighted by Gasteiger charge is -2.12. The number of aromatic nitrogens is 2. The van der Waals surface area contributed by atoms with Crippen molar-refractivity contribution in [3.05, 3.63) is 48.0 Å². The molecule has 0 unspecified atom stereocenters. The number of fused-ring (bicyclic) bond motifs is 1. The number of anilines is 2. The zero-order valence-electron chi connectivity index (χ0n) is 15.4. The number of rotatable bonds is 8. The molecule has 0 aliphatic carbocycles. The molecule has 3 rings (SSSR count). The highest BCUT2D eigenvalue weighted by atomic mass is 16.5. The van der Waals surface area contributed by atoms with Crippen molar-refractivity contribution in [2.75, 3.05) is 37.9 Å². The summed E-state index contributed by atoms with van der Waals surface area (Å²) in [6, 6.07) is 14.0. The van der Waals surface area contributed by atoms with Gasteiger partial charge in [-0.25, -0.2) is 4.98 Å². The van der Waals surface area contributed by atoms with Gasteiger partial charge in [-0.2, -0.15) is 4.98 Å². The van der Waals surface area contributed by atoms with Gasteiger partial charge in [-0.3, -0.25) is 0 Å². The molecule has 2 aromatic carbocycles. The lowest BCUT2D eigenvalue weighted by molar-refractivity contribution is 0.354. The van der Waals surface area contributed by atoms with Crippen LogP contribution in [0.5, 0.6) is 11.5 Å². The second-order valence-corrected chi connectivity index (χ2v) is 5.81. The van der Waals surface area contributed by atoms with E-state index in [2.05, 4.69) is 27.5 Å². The quantitative estimate of drug-likeness (QED) is 0.644. The number of para-hydroxylation sites is 1. The molecular formula is C20H24N4O2. The van der Waals surface area contributed by atoms with Crippen molar-refractivity contribution in [2.24, 2.45) is 0 Å². The molecule has 6 nitrogen and oxygen atoms in total. The van der Waals surface area contributed by atoms with Crippen LogP contribution in [0, 0.1) is 0 Å². The number of benzene rings is 2. The van der Waals surface area contributed by atoms with E-state index in [0.717, 1.165) is 53.3 Å². The fourth-order valence-electron chi connectivity index (χ4n) is 2.81. The molecule has 0 radical (unpaired) electrons. The van der Waals surface area contributed by atoms with Gasteiger partial charge in [0.2, 0.25) is 5.95 Å². The van der Waals surface area contributed by atoms with Gasteiger partial charge in [-0.1, -0.05) is 18.2 Å². The normalized spacial score (nSPS) is 10.6. The van der Waals surface area contributed by atoms with Crippen LogP contribution in [0.25, 0.3) is 10.9 Å². The summed E-state index contributed by atoms with van der Waals surface area (Å²) in [4.78, 5) is 9.21. The van der Waals surface area contributed by atoms with E-state index in [1.54, 1.807) is 14.2 Å². The van der Waals surface area contributed by atoms with Crippen molar-refractivity contribution >= 4 is 22.7 Å². The molecule has 0 atom stereocenters. The number of hydrogen-bond acceptors (Lipinski definition) is 6. The van der Waals surface area contributed by atoms with Crippen LogP contribution < -0.4 is 20.1 Å². The van der Waals surface area contributed by atoms with Gasteiger partial charge in [0.05, 0.1) is 19.7 Å². The third-order valence-corrected chi connectivity index (χ3v) is 4.09. The third kappa shape index (κ3) is 3.96. The first-order valence-electron chi connectivity index (χ1n) is 8.70. The predicted molar refractivity (Wildman–Crippen MR) is 105 cm³/mol. The average molecular weight is 352 g/mol. The lowest BCUT2D eigenvalue weighted by atomic mass is 10.1. The Hall–Kier alpha value is -3.02. The predicted octanol–water partition coefficient (Wildman–Crippen LogP) is 3.73. The molecule has 3 aromatic rings. The van der Waals surface area contributed by atoms with Crippen LogP contribution in [-0.4, -0.2) is 37.3 Å². The molecule has 136 valence electrons. The maximum atomic E-state index is 5.35. The van der Waals surface area contributed by atoms with Crippen molar-refractivity contribution in [2.45, 2.75) is 13.3 Å². The van der Waals surface area contributed by atoms with Crippen molar-refractivity contribution in [1.29, 1.82) is 0 Å². The van der Waals surface area contributed by atoms with E-state index in [1.807, 2.05) is 42.5 Å². The maximum Gasteiger partial charge on any atom is 0.225 e. The third-order valence-electron chi connectivity index (χ3n) is 4.09. The molecular weight excluding hydrogens is 328 g/mol. The zero-order valence-corrected chi connectivity index (χ0v) is 15.4. The first-order valence-corrected chi connectivity index (χ1v) is 8.70. The lowest BCUT2D eigenvalue weighted by Crippen LogP contribution is -2.10. The number of nitrogens with one attached hydrogen (secondary N) is 2. The van der Waals surface area contributed by atoms with E-state index >= 15 is 0 Å². The van der Waals surface area contributed by atoms with E-state index in [4.69, 9.17) is 9.47 Å². The molecule has 0 fully saturated rings. The van der Waals surface area contributed by atoms with Gasteiger partial charge in [-0.05, 0) is 43.2 Å². The van der Waals surface area contributed by atoms with Crippen LogP contribution >= 0.6 is 0 Å². The second kappa shape index (κ2) is 8.38. The molecule has 2 N–H and O–H groups in total. The van der Waals surface area contributed by atoms with Crippen molar-refractivity contribution in [1.82, 2.24) is 9.97 Å². The fraction of sp³-hybridized carbons (Fsp3) is 0.300. The van der Waals surface area contributed by atoms with E-state index in [9.17, 15) is 0 Å². The highest BCUT2D eigenvalue weighted by Crippen LogP contribution is 2.27. The van der Waals surface area contributed by atoms with Gasteiger partial charge < -0.3 is 20.1 Å². The maximum absolute atomic E-state index is 5.35. The summed E-state index contributed by atoms with van der Waals surface area (Å²) < 4.78 is 10.6. The Morgan fingerprint density at radius 3 is 2.50 bits per heavy atom. The van der Waals surface area contributed by atoms with E-state index in [1.165, 1.54) is 0 Å². The molecule has 6 heteroatoms. The van der Waals surface area contributed by atoms with Crippen LogP contribution in [0.4, 0.5) is 11.8 Å². The van der Waals surface area contributed by atoms with Gasteiger partial charge in [0.15, 0.2) is 11.5 Å². The number of ether oxygens (including phenoxy) is 2. The first-order chi connectivity index (χ1) is 12.7. The minimum absolute atomic E-state index is 0.625. The van der Waals surface area contributed by atoms with E-state index in [0.29, 0.717) is 5.95 Å². The molecule has 1 aromatic heterocycles. The van der Waals surface area contributed by atoms with Gasteiger partial charge in [0.25, 0.3) is 0 Å². The number of nitrogens with zero attached hydrogens (tertiary/aromatic N) is 2. The molecule has 0 spiro atoms. The summed E-state index contributed by atoms with van der Waals surface area (Å²) in [6.45, 7) is 3.59. The molecule has 0 aliphatic heterocycles. The van der Waals surface area contributed by atoms with Crippen molar-refractivity contribution in [3.8, 4) is 11.5 Å². The smallest absolute Gasteiger partial charge is 0.225 e.